The van der Waals surface area contributed by atoms with Crippen molar-refractivity contribution in [2.45, 2.75) is 43.9 Å². The summed E-state index contributed by atoms with van der Waals surface area (Å²) in [6.07, 6.45) is 3.57. The van der Waals surface area contributed by atoms with Crippen LogP contribution in [0.1, 0.15) is 37.4 Å². The highest BCUT2D eigenvalue weighted by Gasteiger charge is 2.45. The third-order valence-electron chi connectivity index (χ3n) is 5.03. The molecule has 3 aliphatic heterocycles. The molecule has 0 saturated carbocycles. The van der Waals surface area contributed by atoms with Gasteiger partial charge in [0.15, 0.2) is 5.78 Å². The first kappa shape index (κ1) is 12.2. The van der Waals surface area contributed by atoms with E-state index < -0.39 is 0 Å². The Labute approximate surface area is 119 Å². The van der Waals surface area contributed by atoms with E-state index in [9.17, 15) is 4.79 Å². The number of benzene rings is 1. The molecule has 3 heterocycles. The maximum Gasteiger partial charge on any atom is 0.166 e. The van der Waals surface area contributed by atoms with Gasteiger partial charge >= 0.3 is 0 Å². The van der Waals surface area contributed by atoms with Gasteiger partial charge in [-0.1, -0.05) is 30.3 Å². The predicted molar refractivity (Wildman–Crippen MR) is 76.1 cm³/mol. The topological polar surface area (TPSA) is 29.5 Å². The highest BCUT2D eigenvalue weighted by molar-refractivity contribution is 5.97. The highest BCUT2D eigenvalue weighted by Crippen LogP contribution is 2.44. The van der Waals surface area contributed by atoms with Gasteiger partial charge in [0, 0.05) is 11.6 Å². The Kier molecular flexibility index (Phi) is 2.71. The maximum absolute atomic E-state index is 12.5. The SMILES string of the molecule is CN1C2CCC1C1=C(C2)C(=O)CC(c2ccccc2)O1. The lowest BCUT2D eigenvalue weighted by Gasteiger charge is -2.38. The summed E-state index contributed by atoms with van der Waals surface area (Å²) in [6, 6.07) is 11.0. The molecule has 3 unspecified atom stereocenters. The quantitative estimate of drug-likeness (QED) is 0.785. The summed E-state index contributed by atoms with van der Waals surface area (Å²) in [6.45, 7) is 0. The standard InChI is InChI=1S/C17H19NO2/c1-18-12-7-8-14(18)17-13(9-12)15(19)10-16(20-17)11-5-3-2-4-6-11/h2-6,12,14,16H,7-10H2,1H3. The first-order chi connectivity index (χ1) is 9.74. The normalized spacial score (nSPS) is 33.0. The fraction of sp³-hybridized carbons (Fsp3) is 0.471. The Morgan fingerprint density at radius 3 is 2.75 bits per heavy atom. The number of hydrogen-bond acceptors (Lipinski definition) is 3. The summed E-state index contributed by atoms with van der Waals surface area (Å²) in [5, 5.41) is 0. The van der Waals surface area contributed by atoms with Gasteiger partial charge in [-0.3, -0.25) is 9.69 Å². The van der Waals surface area contributed by atoms with Crippen LogP contribution in [-0.2, 0) is 9.53 Å². The molecule has 3 nitrogen and oxygen atoms in total. The first-order valence-electron chi connectivity index (χ1n) is 7.44. The second kappa shape index (κ2) is 4.45. The molecule has 3 heteroatoms. The van der Waals surface area contributed by atoms with Crippen molar-refractivity contribution in [3.63, 3.8) is 0 Å². The van der Waals surface area contributed by atoms with E-state index in [1.54, 1.807) is 0 Å². The Morgan fingerprint density at radius 1 is 1.15 bits per heavy atom. The minimum absolute atomic E-state index is 0.104. The molecule has 0 spiro atoms. The lowest BCUT2D eigenvalue weighted by atomic mass is 9.89. The number of hydrogen-bond donors (Lipinski definition) is 0. The van der Waals surface area contributed by atoms with Crippen LogP contribution in [0.25, 0.3) is 0 Å². The Balaban J connectivity index is 1.69. The van der Waals surface area contributed by atoms with Crippen molar-refractivity contribution >= 4 is 5.78 Å². The molecule has 0 aromatic heterocycles. The summed E-state index contributed by atoms with van der Waals surface area (Å²) in [4.78, 5) is 14.9. The van der Waals surface area contributed by atoms with Crippen molar-refractivity contribution in [3.8, 4) is 0 Å². The number of carbonyl (C=O) groups is 1. The van der Waals surface area contributed by atoms with Crippen LogP contribution in [-0.4, -0.2) is 29.8 Å². The molecule has 0 amide bonds. The van der Waals surface area contributed by atoms with Gasteiger partial charge in [0.1, 0.15) is 11.9 Å². The minimum atomic E-state index is -0.104. The predicted octanol–water partition coefficient (Wildman–Crippen LogP) is 2.84. The molecule has 4 rings (SSSR count). The van der Waals surface area contributed by atoms with Crippen LogP contribution in [0, 0.1) is 0 Å². The second-order valence-corrected chi connectivity index (χ2v) is 6.10. The van der Waals surface area contributed by atoms with Crippen molar-refractivity contribution in [2.24, 2.45) is 0 Å². The molecule has 0 N–H and O–H groups in total. The molecule has 104 valence electrons. The first-order valence-corrected chi connectivity index (χ1v) is 7.44. The fourth-order valence-electron chi connectivity index (χ4n) is 3.85. The van der Waals surface area contributed by atoms with Gasteiger partial charge in [0.25, 0.3) is 0 Å². The molecule has 1 aromatic carbocycles. The molecule has 1 fully saturated rings. The summed E-state index contributed by atoms with van der Waals surface area (Å²) in [5.41, 5.74) is 2.08. The minimum Gasteiger partial charge on any atom is -0.488 e. The van der Waals surface area contributed by atoms with Gasteiger partial charge < -0.3 is 4.74 Å². The molecule has 1 aromatic rings. The van der Waals surface area contributed by atoms with E-state index in [0.29, 0.717) is 24.3 Å². The maximum atomic E-state index is 12.5. The number of ether oxygens (including phenoxy) is 1. The van der Waals surface area contributed by atoms with Gasteiger partial charge in [-0.15, -0.1) is 0 Å². The molecule has 0 radical (unpaired) electrons. The van der Waals surface area contributed by atoms with Crippen LogP contribution in [0.2, 0.25) is 0 Å². The second-order valence-electron chi connectivity index (χ2n) is 6.10. The van der Waals surface area contributed by atoms with Gasteiger partial charge in [-0.05, 0) is 31.9 Å². The number of ketones is 1. The summed E-state index contributed by atoms with van der Waals surface area (Å²) >= 11 is 0. The molecular weight excluding hydrogens is 250 g/mol. The third-order valence-corrected chi connectivity index (χ3v) is 5.03. The highest BCUT2D eigenvalue weighted by atomic mass is 16.5. The van der Waals surface area contributed by atoms with Gasteiger partial charge in [-0.25, -0.2) is 0 Å². The van der Waals surface area contributed by atoms with Gasteiger partial charge in [0.2, 0.25) is 0 Å². The number of rotatable bonds is 1. The van der Waals surface area contributed by atoms with E-state index >= 15 is 0 Å². The average Bonchev–Trinajstić information content (AvgIpc) is 2.72. The van der Waals surface area contributed by atoms with Crippen molar-refractivity contribution in [1.82, 2.24) is 4.90 Å². The number of carbonyl (C=O) groups excluding carboxylic acids is 1. The van der Waals surface area contributed by atoms with Crippen LogP contribution in [0.3, 0.4) is 0 Å². The van der Waals surface area contributed by atoms with Crippen molar-refractivity contribution < 1.29 is 9.53 Å². The number of nitrogens with zero attached hydrogens (tertiary/aromatic N) is 1. The van der Waals surface area contributed by atoms with E-state index in [2.05, 4.69) is 11.9 Å². The van der Waals surface area contributed by atoms with Crippen LogP contribution < -0.4 is 0 Å². The summed E-state index contributed by atoms with van der Waals surface area (Å²) in [7, 11) is 2.16. The largest absolute Gasteiger partial charge is 0.488 e. The average molecular weight is 269 g/mol. The van der Waals surface area contributed by atoms with E-state index in [1.165, 1.54) is 6.42 Å². The van der Waals surface area contributed by atoms with Crippen molar-refractivity contribution in [3.05, 3.63) is 47.2 Å². The molecule has 3 aliphatic rings. The van der Waals surface area contributed by atoms with Crippen LogP contribution in [0.5, 0.6) is 0 Å². The zero-order valence-electron chi connectivity index (χ0n) is 11.7. The van der Waals surface area contributed by atoms with E-state index in [-0.39, 0.29) is 6.10 Å². The van der Waals surface area contributed by atoms with Gasteiger partial charge in [-0.2, -0.15) is 0 Å². The van der Waals surface area contributed by atoms with Crippen molar-refractivity contribution in [2.75, 3.05) is 7.05 Å². The van der Waals surface area contributed by atoms with E-state index in [0.717, 1.165) is 29.7 Å². The van der Waals surface area contributed by atoms with Crippen LogP contribution >= 0.6 is 0 Å². The van der Waals surface area contributed by atoms with Gasteiger partial charge in [0.05, 0.1) is 12.5 Å². The summed E-state index contributed by atoms with van der Waals surface area (Å²) in [5.74, 6) is 1.26. The number of likely N-dealkylation sites (N-methyl/N-ethyl adjacent to an activating group) is 1. The molecule has 3 atom stereocenters. The Morgan fingerprint density at radius 2 is 1.95 bits per heavy atom. The lowest BCUT2D eigenvalue weighted by molar-refractivity contribution is -0.121. The van der Waals surface area contributed by atoms with Crippen LogP contribution in [0.15, 0.2) is 41.7 Å². The molecule has 20 heavy (non-hydrogen) atoms. The number of Topliss-reactive ketones (excluding diaryl/α,β-unsaturated/α-hetero) is 1. The number of fused-ring (bicyclic) bond motifs is 3. The molecule has 2 bridgehead atoms. The lowest BCUT2D eigenvalue weighted by Crippen LogP contribution is -2.42. The molecule has 0 aliphatic carbocycles. The molecule has 1 saturated heterocycles. The smallest absolute Gasteiger partial charge is 0.166 e. The molecular formula is C17H19NO2. The third kappa shape index (κ3) is 1.73. The zero-order valence-corrected chi connectivity index (χ0v) is 11.7. The van der Waals surface area contributed by atoms with E-state index in [4.69, 9.17) is 4.74 Å². The summed E-state index contributed by atoms with van der Waals surface area (Å²) < 4.78 is 6.26. The van der Waals surface area contributed by atoms with Crippen molar-refractivity contribution in [1.29, 1.82) is 0 Å². The monoisotopic (exact) mass is 269 g/mol. The zero-order chi connectivity index (χ0) is 13.7. The van der Waals surface area contributed by atoms with E-state index in [1.807, 2.05) is 30.3 Å². The Bertz CT molecular complexity index is 578. The Hall–Kier alpha value is -1.61. The fourth-order valence-corrected chi connectivity index (χ4v) is 3.85. The van der Waals surface area contributed by atoms with Crippen LogP contribution in [0.4, 0.5) is 0 Å².